The van der Waals surface area contributed by atoms with Crippen molar-refractivity contribution in [2.24, 2.45) is 5.92 Å². The highest BCUT2D eigenvalue weighted by atomic mass is 32.5. The Labute approximate surface area is 158 Å². The maximum absolute atomic E-state index is 12.0. The van der Waals surface area contributed by atoms with Gasteiger partial charge in [-0.15, -0.1) is 0 Å². The van der Waals surface area contributed by atoms with Gasteiger partial charge in [-0.2, -0.15) is 4.98 Å². The molecule has 1 aliphatic carbocycles. The average molecular weight is 417 g/mol. The smallest absolute Gasteiger partial charge is 0.324 e. The van der Waals surface area contributed by atoms with Gasteiger partial charge < -0.3 is 29.5 Å². The second-order valence-corrected chi connectivity index (χ2v) is 9.61. The van der Waals surface area contributed by atoms with E-state index in [1.54, 1.807) is 0 Å². The summed E-state index contributed by atoms with van der Waals surface area (Å²) in [4.78, 5) is 32.5. The zero-order chi connectivity index (χ0) is 19.6. The molecule has 27 heavy (non-hydrogen) atoms. The lowest BCUT2D eigenvalue weighted by atomic mass is 9.64. The number of aliphatic hydroxyl groups is 1. The molecule has 3 heterocycles. The van der Waals surface area contributed by atoms with Crippen LogP contribution in [0.15, 0.2) is 11.1 Å². The first kappa shape index (κ1) is 18.9. The molecule has 4 rings (SSSR count). The molecule has 4 unspecified atom stereocenters. The number of nitrogens with zero attached hydrogens (tertiary/aromatic N) is 3. The summed E-state index contributed by atoms with van der Waals surface area (Å²) in [6.07, 6.45) is 0.131. The van der Waals surface area contributed by atoms with Crippen molar-refractivity contribution >= 4 is 35.6 Å². The molecule has 2 aliphatic rings. The minimum absolute atomic E-state index is 0.0582. The summed E-state index contributed by atoms with van der Waals surface area (Å²) in [6.45, 7) is -1.43. The van der Waals surface area contributed by atoms with Crippen molar-refractivity contribution < 1.29 is 23.8 Å². The molecule has 0 amide bonds. The average Bonchev–Trinajstić information content (AvgIpc) is 3.09. The van der Waals surface area contributed by atoms with Gasteiger partial charge in [0.05, 0.1) is 18.0 Å². The lowest BCUT2D eigenvalue weighted by Gasteiger charge is -2.49. The Morgan fingerprint density at radius 2 is 2.37 bits per heavy atom. The molecule has 0 radical (unpaired) electrons. The number of aromatic amines is 1. The van der Waals surface area contributed by atoms with Crippen LogP contribution in [-0.2, 0) is 25.6 Å². The molecule has 0 bridgehead atoms. The highest BCUT2D eigenvalue weighted by Gasteiger charge is 2.66. The monoisotopic (exact) mass is 417 g/mol. The van der Waals surface area contributed by atoms with Crippen LogP contribution in [0, 0.1) is 5.92 Å². The van der Waals surface area contributed by atoms with Crippen molar-refractivity contribution in [1.82, 2.24) is 19.5 Å². The van der Waals surface area contributed by atoms with Gasteiger partial charge >= 0.3 is 6.72 Å². The number of fused-ring (bicyclic) bond motifs is 2. The molecule has 148 valence electrons. The number of nitrogens with two attached hydrogens (primary N) is 1. The van der Waals surface area contributed by atoms with Gasteiger partial charge in [-0.05, 0) is 18.2 Å². The maximum Gasteiger partial charge on any atom is 0.324 e. The van der Waals surface area contributed by atoms with Crippen LogP contribution in [-0.4, -0.2) is 54.4 Å². The molecule has 1 saturated heterocycles. The van der Waals surface area contributed by atoms with Gasteiger partial charge in [0.15, 0.2) is 17.4 Å². The maximum atomic E-state index is 12.0. The summed E-state index contributed by atoms with van der Waals surface area (Å²) >= 11 is 4.92. The zero-order valence-corrected chi connectivity index (χ0v) is 16.3. The third-order valence-corrected chi connectivity index (χ3v) is 7.10. The number of aliphatic hydroxyl groups excluding tert-OH is 1. The van der Waals surface area contributed by atoms with Gasteiger partial charge in [0, 0.05) is 19.4 Å². The van der Waals surface area contributed by atoms with Gasteiger partial charge in [0.2, 0.25) is 5.95 Å². The summed E-state index contributed by atoms with van der Waals surface area (Å²) in [5, 5.41) is 10.9. The molecule has 6 atom stereocenters. The van der Waals surface area contributed by atoms with Crippen LogP contribution in [0.25, 0.3) is 11.2 Å². The van der Waals surface area contributed by atoms with E-state index in [1.807, 2.05) is 6.92 Å². The Morgan fingerprint density at radius 3 is 3.04 bits per heavy atom. The predicted molar refractivity (Wildman–Crippen MR) is 98.2 cm³/mol. The van der Waals surface area contributed by atoms with Crippen LogP contribution in [0.3, 0.4) is 0 Å². The van der Waals surface area contributed by atoms with E-state index < -0.39 is 42.2 Å². The Morgan fingerprint density at radius 1 is 1.63 bits per heavy atom. The second kappa shape index (κ2) is 6.31. The minimum atomic E-state index is -3.37. The number of hydrogen-bond acceptors (Lipinski definition) is 9. The topological polar surface area (TPSA) is 158 Å². The molecule has 2 fully saturated rings. The van der Waals surface area contributed by atoms with Crippen LogP contribution in [0.2, 0.25) is 0 Å². The highest BCUT2D eigenvalue weighted by molar-refractivity contribution is 8.07. The largest absolute Gasteiger partial charge is 0.388 e. The van der Waals surface area contributed by atoms with E-state index in [1.165, 1.54) is 18.0 Å². The van der Waals surface area contributed by atoms with Crippen LogP contribution in [0.1, 0.15) is 26.0 Å². The summed E-state index contributed by atoms with van der Waals surface area (Å²) in [5.41, 5.74) is 4.84. The van der Waals surface area contributed by atoms with Crippen molar-refractivity contribution in [1.29, 1.82) is 0 Å². The molecule has 0 spiro atoms. The molecule has 13 heteroatoms. The summed E-state index contributed by atoms with van der Waals surface area (Å²) < 4.78 is 18.0. The molecule has 11 nitrogen and oxygen atoms in total. The fraction of sp³-hybridized carbons (Fsp3) is 0.643. The third-order valence-electron chi connectivity index (χ3n) is 5.39. The fourth-order valence-electron chi connectivity index (χ4n) is 4.06. The zero-order valence-electron chi connectivity index (χ0n) is 14.6. The van der Waals surface area contributed by atoms with Crippen LogP contribution in [0.4, 0.5) is 5.95 Å². The molecule has 2 aromatic heterocycles. The number of H-pyrrole nitrogens is 1. The highest BCUT2D eigenvalue weighted by Crippen LogP contribution is 2.60. The molecule has 1 saturated carbocycles. The van der Waals surface area contributed by atoms with Gasteiger partial charge in [-0.25, -0.2) is 4.98 Å². The first-order valence-electron chi connectivity index (χ1n) is 8.36. The van der Waals surface area contributed by atoms with Gasteiger partial charge in [-0.1, -0.05) is 6.92 Å². The molecule has 0 aromatic carbocycles. The second-order valence-electron chi connectivity index (χ2n) is 6.72. The molecule has 5 N–H and O–H groups in total. The van der Waals surface area contributed by atoms with Crippen LogP contribution >= 0.6 is 6.72 Å². The van der Waals surface area contributed by atoms with Gasteiger partial charge in [0.25, 0.3) is 5.56 Å². The number of nitrogen functional groups attached to an aromatic ring is 1. The fourth-order valence-corrected chi connectivity index (χ4v) is 5.02. The van der Waals surface area contributed by atoms with Crippen molar-refractivity contribution in [3.8, 4) is 0 Å². The van der Waals surface area contributed by atoms with Crippen molar-refractivity contribution in [3.05, 3.63) is 16.7 Å². The van der Waals surface area contributed by atoms with Gasteiger partial charge in [-0.3, -0.25) is 14.3 Å². The lowest BCUT2D eigenvalue weighted by Crippen LogP contribution is -2.58. The normalized spacial score (nSPS) is 35.0. The van der Waals surface area contributed by atoms with Crippen LogP contribution < -0.4 is 11.3 Å². The van der Waals surface area contributed by atoms with Crippen molar-refractivity contribution in [3.63, 3.8) is 0 Å². The molecule has 2 aromatic rings. The van der Waals surface area contributed by atoms with Gasteiger partial charge in [0.1, 0.15) is 6.10 Å². The van der Waals surface area contributed by atoms with E-state index >= 15 is 0 Å². The number of rotatable bonds is 5. The quantitative estimate of drug-likeness (QED) is 0.488. The number of nitrogens with one attached hydrogen (secondary N) is 1. The predicted octanol–water partition coefficient (Wildman–Crippen LogP) is 0.00860. The van der Waals surface area contributed by atoms with E-state index in [2.05, 4.69) is 15.0 Å². The van der Waals surface area contributed by atoms with E-state index in [9.17, 15) is 14.8 Å². The number of imidazole rings is 1. The van der Waals surface area contributed by atoms with E-state index in [-0.39, 0.29) is 17.1 Å². The Balaban J connectivity index is 1.69. The minimum Gasteiger partial charge on any atom is -0.388 e. The Kier molecular flexibility index (Phi) is 4.43. The third kappa shape index (κ3) is 2.83. The Bertz CT molecular complexity index is 996. The van der Waals surface area contributed by atoms with Crippen LogP contribution in [0.5, 0.6) is 0 Å². The van der Waals surface area contributed by atoms with Crippen molar-refractivity contribution in [2.45, 2.75) is 43.8 Å². The summed E-state index contributed by atoms with van der Waals surface area (Å²) in [6, 6.07) is 0. The first-order chi connectivity index (χ1) is 12.7. The standard InChI is InChI=1S/C14H20N5O6PS/c1-3-14-4-6(25-26(22,27)23-2)7(14)9(20)12(24-14)19-5-16-8-10(19)17-13(15)18-11(8)21/h5-7,9,12,20H,3-4H2,1-2H3,(H,22,27)(H3,15,17,18,21)/t6?,7?,9?,12-,14+,26?/m1/s1. The number of ether oxygens (including phenoxy) is 1. The number of hydrogen-bond donors (Lipinski definition) is 4. The van der Waals surface area contributed by atoms with Crippen molar-refractivity contribution in [2.75, 3.05) is 12.8 Å². The molecular weight excluding hydrogens is 397 g/mol. The summed E-state index contributed by atoms with van der Waals surface area (Å²) in [7, 11) is 1.28. The van der Waals surface area contributed by atoms with E-state index in [4.69, 9.17) is 31.3 Å². The van der Waals surface area contributed by atoms with E-state index in [0.717, 1.165) is 0 Å². The van der Waals surface area contributed by atoms with E-state index in [0.29, 0.717) is 12.8 Å². The first-order valence-corrected chi connectivity index (χ1v) is 11.0. The molecule has 1 aliphatic heterocycles. The Hall–Kier alpha value is -1.40. The number of anilines is 1. The lowest BCUT2D eigenvalue weighted by molar-refractivity contribution is -0.172. The SMILES string of the molecule is CC[C@]12CC(OP(O)(=S)OC)C1C(O)[C@H](n1cnc3c(=O)[nH]c(N)nc31)O2. The molecular formula is C14H20N5O6PS. The summed E-state index contributed by atoms with van der Waals surface area (Å²) in [5.74, 6) is -0.480. The number of aromatic nitrogens is 4.